The molecule has 2 N–H and O–H groups in total. The van der Waals surface area contributed by atoms with E-state index in [1.54, 1.807) is 5.01 Å². The molecule has 9 heavy (non-hydrogen) atoms. The highest BCUT2D eigenvalue weighted by molar-refractivity contribution is 4.40. The third-order valence-electron chi connectivity index (χ3n) is 1.13. The zero-order chi connectivity index (χ0) is 7.11. The molecule has 0 unspecified atom stereocenters. The lowest BCUT2D eigenvalue weighted by molar-refractivity contribution is 0.116. The Morgan fingerprint density at radius 3 is 2.56 bits per heavy atom. The number of likely N-dealkylation sites (N-methyl/N-ethyl adjacent to an activating group) is 1. The number of rotatable bonds is 5. The van der Waals surface area contributed by atoms with Gasteiger partial charge in [-0.3, -0.25) is 5.84 Å². The number of hydrazine groups is 1. The molecular weight excluding hydrogens is 116 g/mol. The molecule has 0 aromatic carbocycles. The second kappa shape index (κ2) is 6.01. The number of nitrogens with two attached hydrogens (primary N) is 1. The fourth-order valence-corrected chi connectivity index (χ4v) is 0.484. The molecule has 0 fully saturated rings. The van der Waals surface area contributed by atoms with Gasteiger partial charge in [0, 0.05) is 19.7 Å². The second-order valence-electron chi connectivity index (χ2n) is 1.83. The van der Waals surface area contributed by atoms with Crippen LogP contribution >= 0.6 is 0 Å². The van der Waals surface area contributed by atoms with Gasteiger partial charge in [-0.25, -0.2) is 5.01 Å². The molecule has 0 atom stereocenters. The van der Waals surface area contributed by atoms with Gasteiger partial charge in [0.25, 0.3) is 0 Å². The first-order chi connectivity index (χ1) is 4.31. The fraction of sp³-hybridized carbons (Fsp3) is 1.00. The predicted octanol–water partition coefficient (Wildman–Crippen LogP) is 0.219. The van der Waals surface area contributed by atoms with E-state index in [2.05, 4.69) is 0 Å². The van der Waals surface area contributed by atoms with Crippen LogP contribution in [-0.4, -0.2) is 31.3 Å². The van der Waals surface area contributed by atoms with Gasteiger partial charge in [0.1, 0.15) is 0 Å². The van der Waals surface area contributed by atoms with Gasteiger partial charge in [0.2, 0.25) is 0 Å². The van der Waals surface area contributed by atoms with Crippen LogP contribution in [0.15, 0.2) is 0 Å². The van der Waals surface area contributed by atoms with Gasteiger partial charge in [-0.05, 0) is 6.92 Å². The molecule has 0 aromatic rings. The summed E-state index contributed by atoms with van der Waals surface area (Å²) in [5, 5.41) is 1.73. The van der Waals surface area contributed by atoms with Crippen molar-refractivity contribution < 1.29 is 4.74 Å². The van der Waals surface area contributed by atoms with Gasteiger partial charge in [-0.15, -0.1) is 0 Å². The maximum absolute atomic E-state index is 5.47. The average molecular weight is 132 g/mol. The summed E-state index contributed by atoms with van der Waals surface area (Å²) in [6, 6.07) is 0. The van der Waals surface area contributed by atoms with Crippen molar-refractivity contribution in [2.24, 2.45) is 5.84 Å². The van der Waals surface area contributed by atoms with E-state index in [0.717, 1.165) is 26.3 Å². The van der Waals surface area contributed by atoms with Crippen LogP contribution in [0.5, 0.6) is 0 Å². The van der Waals surface area contributed by atoms with E-state index >= 15 is 0 Å². The lowest BCUT2D eigenvalue weighted by atomic mass is 10.6. The SMILES string of the molecule is CCOCCN(N)CC. The Morgan fingerprint density at radius 1 is 1.44 bits per heavy atom. The van der Waals surface area contributed by atoms with Gasteiger partial charge >= 0.3 is 0 Å². The molecule has 0 radical (unpaired) electrons. The molecule has 0 saturated heterocycles. The third kappa shape index (κ3) is 5.76. The van der Waals surface area contributed by atoms with Crippen LogP contribution in [0.3, 0.4) is 0 Å². The monoisotopic (exact) mass is 132 g/mol. The number of hydrogen-bond acceptors (Lipinski definition) is 3. The zero-order valence-corrected chi connectivity index (χ0v) is 6.26. The molecular formula is C6H16N2O. The molecule has 0 spiro atoms. The van der Waals surface area contributed by atoms with Crippen molar-refractivity contribution in [3.63, 3.8) is 0 Å². The van der Waals surface area contributed by atoms with E-state index in [4.69, 9.17) is 10.6 Å². The number of hydrogen-bond donors (Lipinski definition) is 1. The second-order valence-corrected chi connectivity index (χ2v) is 1.83. The Labute approximate surface area is 56.7 Å². The summed E-state index contributed by atoms with van der Waals surface area (Å²) in [7, 11) is 0. The Kier molecular flexibility index (Phi) is 5.93. The van der Waals surface area contributed by atoms with Crippen LogP contribution in [0.4, 0.5) is 0 Å². The number of nitrogens with zero attached hydrogens (tertiary/aromatic N) is 1. The Balaban J connectivity index is 2.88. The van der Waals surface area contributed by atoms with Crippen molar-refractivity contribution >= 4 is 0 Å². The van der Waals surface area contributed by atoms with Crippen molar-refractivity contribution in [2.75, 3.05) is 26.3 Å². The van der Waals surface area contributed by atoms with Crippen LogP contribution in [0, 0.1) is 0 Å². The molecule has 0 aromatic heterocycles. The van der Waals surface area contributed by atoms with E-state index in [-0.39, 0.29) is 0 Å². The van der Waals surface area contributed by atoms with Gasteiger partial charge in [-0.2, -0.15) is 0 Å². The minimum Gasteiger partial charge on any atom is -0.380 e. The van der Waals surface area contributed by atoms with Gasteiger partial charge in [0.05, 0.1) is 6.61 Å². The zero-order valence-electron chi connectivity index (χ0n) is 6.26. The van der Waals surface area contributed by atoms with Crippen LogP contribution in [-0.2, 0) is 4.74 Å². The maximum atomic E-state index is 5.47. The van der Waals surface area contributed by atoms with Crippen LogP contribution in [0.25, 0.3) is 0 Å². The summed E-state index contributed by atoms with van der Waals surface area (Å²) in [5.41, 5.74) is 0. The minimum atomic E-state index is 0.737. The largest absolute Gasteiger partial charge is 0.380 e. The Morgan fingerprint density at radius 2 is 2.11 bits per heavy atom. The normalized spacial score (nSPS) is 10.7. The highest BCUT2D eigenvalue weighted by atomic mass is 16.5. The summed E-state index contributed by atoms with van der Waals surface area (Å²) >= 11 is 0. The van der Waals surface area contributed by atoms with Gasteiger partial charge < -0.3 is 4.74 Å². The van der Waals surface area contributed by atoms with Crippen LogP contribution in [0.1, 0.15) is 13.8 Å². The predicted molar refractivity (Wildman–Crippen MR) is 37.9 cm³/mol. The van der Waals surface area contributed by atoms with E-state index in [1.807, 2.05) is 13.8 Å². The Hall–Kier alpha value is -0.120. The van der Waals surface area contributed by atoms with Crippen molar-refractivity contribution in [1.82, 2.24) is 5.01 Å². The van der Waals surface area contributed by atoms with Crippen molar-refractivity contribution in [1.29, 1.82) is 0 Å². The Bertz CT molecular complexity index is 59.0. The summed E-state index contributed by atoms with van der Waals surface area (Å²) in [5.74, 6) is 5.47. The summed E-state index contributed by atoms with van der Waals surface area (Å²) in [6.07, 6.45) is 0. The molecule has 0 amide bonds. The molecule has 56 valence electrons. The van der Waals surface area contributed by atoms with Crippen molar-refractivity contribution in [2.45, 2.75) is 13.8 Å². The highest BCUT2D eigenvalue weighted by Gasteiger charge is 1.91. The quantitative estimate of drug-likeness (QED) is 0.330. The molecule has 3 nitrogen and oxygen atoms in total. The maximum Gasteiger partial charge on any atom is 0.0607 e. The van der Waals surface area contributed by atoms with Crippen molar-refractivity contribution in [3.05, 3.63) is 0 Å². The topological polar surface area (TPSA) is 38.5 Å². The number of ether oxygens (including phenoxy) is 1. The third-order valence-corrected chi connectivity index (χ3v) is 1.13. The fourth-order valence-electron chi connectivity index (χ4n) is 0.484. The molecule has 0 aliphatic heterocycles. The highest BCUT2D eigenvalue weighted by Crippen LogP contribution is 1.77. The molecule has 0 bridgehead atoms. The summed E-state index contributed by atoms with van der Waals surface area (Å²) in [4.78, 5) is 0. The van der Waals surface area contributed by atoms with Gasteiger partial charge in [-0.1, -0.05) is 6.92 Å². The van der Waals surface area contributed by atoms with Gasteiger partial charge in [0.15, 0.2) is 0 Å². The molecule has 0 aliphatic carbocycles. The van der Waals surface area contributed by atoms with Crippen molar-refractivity contribution in [3.8, 4) is 0 Å². The van der Waals surface area contributed by atoms with E-state index in [9.17, 15) is 0 Å². The molecule has 0 aliphatic rings. The molecule has 0 rings (SSSR count). The summed E-state index contributed by atoms with van der Waals surface area (Å²) < 4.78 is 5.08. The average Bonchev–Trinajstić information content (AvgIpc) is 1.89. The smallest absolute Gasteiger partial charge is 0.0607 e. The standard InChI is InChI=1S/C6H16N2O/c1-3-8(7)5-6-9-4-2/h3-7H2,1-2H3. The summed E-state index contributed by atoms with van der Waals surface area (Å²) in [6.45, 7) is 7.22. The molecule has 0 saturated carbocycles. The lowest BCUT2D eigenvalue weighted by Crippen LogP contribution is -2.33. The van der Waals surface area contributed by atoms with E-state index in [1.165, 1.54) is 0 Å². The first-order valence-electron chi connectivity index (χ1n) is 3.38. The van der Waals surface area contributed by atoms with E-state index < -0.39 is 0 Å². The van der Waals surface area contributed by atoms with Crippen LogP contribution in [0.2, 0.25) is 0 Å². The molecule has 3 heteroatoms. The first-order valence-corrected chi connectivity index (χ1v) is 3.38. The first kappa shape index (κ1) is 8.88. The minimum absolute atomic E-state index is 0.737. The molecule has 0 heterocycles. The van der Waals surface area contributed by atoms with E-state index in [0.29, 0.717) is 0 Å². The lowest BCUT2D eigenvalue weighted by Gasteiger charge is -2.12. The van der Waals surface area contributed by atoms with Crippen LogP contribution < -0.4 is 5.84 Å².